The average Bonchev–Trinajstić information content (AvgIpc) is 3.78. The normalized spacial score (nSPS) is 23.5. The molecule has 39 heavy (non-hydrogen) atoms. The molecule has 0 bridgehead atoms. The Bertz CT molecular complexity index is 1230. The van der Waals surface area contributed by atoms with Gasteiger partial charge in [-0.25, -0.2) is 4.79 Å². The summed E-state index contributed by atoms with van der Waals surface area (Å²) in [5, 5.41) is 1.31. The van der Waals surface area contributed by atoms with E-state index in [0.717, 1.165) is 19.1 Å². The number of hydrogen-bond donors (Lipinski definition) is 0. The minimum Gasteiger partial charge on any atom is -0.374 e. The molecule has 210 valence electrons. The first kappa shape index (κ1) is 27.5. The molecule has 0 radical (unpaired) electrons. The highest BCUT2D eigenvalue weighted by atomic mass is 16.2. The van der Waals surface area contributed by atoms with Crippen LogP contribution >= 0.6 is 0 Å². The number of amides is 2. The van der Waals surface area contributed by atoms with E-state index in [9.17, 15) is 4.79 Å². The molecule has 7 heteroatoms. The molecule has 2 atom stereocenters. The van der Waals surface area contributed by atoms with Gasteiger partial charge < -0.3 is 19.3 Å². The van der Waals surface area contributed by atoms with Gasteiger partial charge in [-0.2, -0.15) is 0 Å². The van der Waals surface area contributed by atoms with Crippen LogP contribution < -0.4 is 4.90 Å². The van der Waals surface area contributed by atoms with Crippen LogP contribution in [0.4, 0.5) is 10.5 Å². The van der Waals surface area contributed by atoms with Crippen molar-refractivity contribution in [2.75, 3.05) is 65.4 Å². The summed E-state index contributed by atoms with van der Waals surface area (Å²) in [5.74, 6) is 0. The van der Waals surface area contributed by atoms with Gasteiger partial charge in [-0.15, -0.1) is 0 Å². The van der Waals surface area contributed by atoms with Crippen molar-refractivity contribution in [1.29, 1.82) is 0 Å². The molecule has 7 nitrogen and oxygen atoms in total. The summed E-state index contributed by atoms with van der Waals surface area (Å²) >= 11 is 0. The number of likely N-dealkylation sites (N-methyl/N-ethyl adjacent to an activating group) is 3. The number of aromatic nitrogens is 1. The lowest BCUT2D eigenvalue weighted by atomic mass is 10.2. The second-order valence-corrected chi connectivity index (χ2v) is 11.7. The number of urea groups is 1. The van der Waals surface area contributed by atoms with Crippen LogP contribution in [0.5, 0.6) is 0 Å². The van der Waals surface area contributed by atoms with Gasteiger partial charge >= 0.3 is 6.03 Å². The van der Waals surface area contributed by atoms with E-state index in [1.165, 1.54) is 80.6 Å². The summed E-state index contributed by atoms with van der Waals surface area (Å²) < 4.78 is 2.12. The van der Waals surface area contributed by atoms with Crippen LogP contribution in [-0.4, -0.2) is 103 Å². The predicted octanol–water partition coefficient (Wildman–Crippen LogP) is 4.73. The molecule has 5 aliphatic rings. The molecule has 0 N–H and O–H groups in total. The van der Waals surface area contributed by atoms with Gasteiger partial charge in [-0.05, 0) is 74.8 Å². The summed E-state index contributed by atoms with van der Waals surface area (Å²) in [5.41, 5.74) is 4.19. The van der Waals surface area contributed by atoms with E-state index in [4.69, 9.17) is 0 Å². The maximum Gasteiger partial charge on any atom is 0.320 e. The molecule has 6 heterocycles. The zero-order valence-corrected chi connectivity index (χ0v) is 24.3. The molecular formula is C32H46N6O. The number of aryl methyl sites for hydroxylation is 1. The number of carbonyl (C=O) groups is 1. The lowest BCUT2D eigenvalue weighted by molar-refractivity contribution is 0.199. The first-order valence-electron chi connectivity index (χ1n) is 14.6. The quantitative estimate of drug-likeness (QED) is 0.421. The Morgan fingerprint density at radius 2 is 1.49 bits per heavy atom. The van der Waals surface area contributed by atoms with Crippen LogP contribution in [0.3, 0.4) is 0 Å². The molecule has 2 unspecified atom stereocenters. The van der Waals surface area contributed by atoms with Crippen molar-refractivity contribution in [2.45, 2.75) is 44.2 Å². The third kappa shape index (κ3) is 6.42. The maximum atomic E-state index is 11.2. The molecule has 2 aromatic carbocycles. The number of carbonyl (C=O) groups excluding carboxylic acids is 1. The first-order valence-corrected chi connectivity index (χ1v) is 14.6. The van der Waals surface area contributed by atoms with Gasteiger partial charge in [0.25, 0.3) is 0 Å². The SMILES string of the molecule is CN1CC2CCCN2C1.CN1CC2CCCN2C1=O.CN1CCc2ccccc21.Cn1ccc2ccccc21. The van der Waals surface area contributed by atoms with Crippen molar-refractivity contribution in [3.8, 4) is 0 Å². The number of rotatable bonds is 0. The second kappa shape index (κ2) is 12.4. The van der Waals surface area contributed by atoms with E-state index in [2.05, 4.69) is 101 Å². The summed E-state index contributed by atoms with van der Waals surface area (Å²) in [4.78, 5) is 22.3. The number of fused-ring (bicyclic) bond motifs is 4. The Hall–Kier alpha value is -3.03. The number of hydrogen-bond acceptors (Lipinski definition) is 4. The summed E-state index contributed by atoms with van der Waals surface area (Å²) in [6.45, 7) is 6.96. The Balaban J connectivity index is 0.000000105. The van der Waals surface area contributed by atoms with E-state index in [-0.39, 0.29) is 6.03 Å². The van der Waals surface area contributed by atoms with Crippen LogP contribution in [0.2, 0.25) is 0 Å². The van der Waals surface area contributed by atoms with Crippen molar-refractivity contribution in [3.05, 3.63) is 66.4 Å². The number of para-hydroxylation sites is 2. The standard InChI is InChI=1S/C9H11N.C9H9N.C7H12N2O.C7H14N2/c2*1-10-7-6-8-4-2-3-5-9(8)10;1-8-5-6-3-2-4-9(6)7(8)10;1-8-5-7-3-2-4-9(7)6-8/h2-5H,6-7H2,1H3;2-7H,1H3;6H,2-5H2,1H3;7H,2-6H2,1H3. The largest absolute Gasteiger partial charge is 0.374 e. The topological polar surface area (TPSA) is 38.2 Å². The third-order valence-corrected chi connectivity index (χ3v) is 8.79. The van der Waals surface area contributed by atoms with Crippen LogP contribution in [0.15, 0.2) is 60.8 Å². The van der Waals surface area contributed by atoms with Gasteiger partial charge in [-0.3, -0.25) is 9.80 Å². The van der Waals surface area contributed by atoms with Gasteiger partial charge in [0.15, 0.2) is 0 Å². The summed E-state index contributed by atoms with van der Waals surface area (Å²) in [6.07, 6.45) is 8.56. The van der Waals surface area contributed by atoms with Gasteiger partial charge in [-0.1, -0.05) is 36.4 Å². The Kier molecular flexibility index (Phi) is 8.78. The fraction of sp³-hybridized carbons (Fsp3) is 0.531. The smallest absolute Gasteiger partial charge is 0.320 e. The minimum absolute atomic E-state index is 0.225. The third-order valence-electron chi connectivity index (χ3n) is 8.79. The molecular weight excluding hydrogens is 484 g/mol. The van der Waals surface area contributed by atoms with Crippen LogP contribution in [0.25, 0.3) is 10.9 Å². The molecule has 0 aliphatic carbocycles. The van der Waals surface area contributed by atoms with E-state index in [1.807, 2.05) is 16.8 Å². The van der Waals surface area contributed by atoms with Gasteiger partial charge in [0.2, 0.25) is 0 Å². The van der Waals surface area contributed by atoms with Crippen molar-refractivity contribution >= 4 is 22.6 Å². The molecule has 0 spiro atoms. The molecule has 4 saturated heterocycles. The van der Waals surface area contributed by atoms with E-state index < -0.39 is 0 Å². The molecule has 5 aliphatic heterocycles. The van der Waals surface area contributed by atoms with E-state index >= 15 is 0 Å². The van der Waals surface area contributed by atoms with Gasteiger partial charge in [0.05, 0.1) is 12.7 Å². The highest BCUT2D eigenvalue weighted by Gasteiger charge is 2.37. The zero-order chi connectivity index (χ0) is 27.4. The van der Waals surface area contributed by atoms with Crippen molar-refractivity contribution in [2.24, 2.45) is 7.05 Å². The predicted molar refractivity (Wildman–Crippen MR) is 161 cm³/mol. The van der Waals surface area contributed by atoms with Gasteiger partial charge in [0, 0.05) is 70.8 Å². The van der Waals surface area contributed by atoms with Crippen LogP contribution in [-0.2, 0) is 13.5 Å². The highest BCUT2D eigenvalue weighted by molar-refractivity contribution is 5.79. The second-order valence-electron chi connectivity index (χ2n) is 11.7. The zero-order valence-electron chi connectivity index (χ0n) is 24.3. The first-order chi connectivity index (χ1) is 18.9. The highest BCUT2D eigenvalue weighted by Crippen LogP contribution is 2.26. The van der Waals surface area contributed by atoms with Crippen molar-refractivity contribution in [3.63, 3.8) is 0 Å². The molecule has 2 amide bonds. The Morgan fingerprint density at radius 1 is 0.744 bits per heavy atom. The lowest BCUT2D eigenvalue weighted by Gasteiger charge is -2.12. The Morgan fingerprint density at radius 3 is 2.26 bits per heavy atom. The fourth-order valence-corrected chi connectivity index (χ4v) is 6.63. The van der Waals surface area contributed by atoms with Crippen molar-refractivity contribution in [1.82, 2.24) is 24.2 Å². The minimum atomic E-state index is 0.225. The fourth-order valence-electron chi connectivity index (χ4n) is 6.63. The van der Waals surface area contributed by atoms with Gasteiger partial charge in [0.1, 0.15) is 0 Å². The summed E-state index contributed by atoms with van der Waals surface area (Å²) in [6, 6.07) is 20.7. The van der Waals surface area contributed by atoms with Crippen LogP contribution in [0.1, 0.15) is 31.2 Å². The molecule has 4 fully saturated rings. The summed E-state index contributed by atoms with van der Waals surface area (Å²) in [7, 11) is 8.28. The van der Waals surface area contributed by atoms with E-state index in [1.54, 1.807) is 0 Å². The number of nitrogens with zero attached hydrogens (tertiary/aromatic N) is 6. The Labute approximate surface area is 234 Å². The monoisotopic (exact) mass is 530 g/mol. The number of benzene rings is 2. The molecule has 0 saturated carbocycles. The average molecular weight is 531 g/mol. The number of anilines is 1. The molecule has 1 aromatic heterocycles. The van der Waals surface area contributed by atoms with E-state index in [0.29, 0.717) is 6.04 Å². The molecule has 3 aromatic rings. The maximum absolute atomic E-state index is 11.2. The van der Waals surface area contributed by atoms with Crippen LogP contribution in [0, 0.1) is 0 Å². The molecule has 8 rings (SSSR count). The lowest BCUT2D eigenvalue weighted by Crippen LogP contribution is -2.29. The van der Waals surface area contributed by atoms with Crippen molar-refractivity contribution < 1.29 is 4.79 Å².